The van der Waals surface area contributed by atoms with E-state index in [0.717, 1.165) is 0 Å². The van der Waals surface area contributed by atoms with E-state index in [9.17, 15) is 46.7 Å². The molecule has 0 spiro atoms. The molecule has 0 heterocycles. The molecule has 0 fully saturated rings. The van der Waals surface area contributed by atoms with E-state index in [1.54, 1.807) is 0 Å². The van der Waals surface area contributed by atoms with Crippen molar-refractivity contribution in [3.63, 3.8) is 0 Å². The zero-order valence-electron chi connectivity index (χ0n) is 13.7. The number of hydrogen-bond acceptors (Lipinski definition) is 8. The Morgan fingerprint density at radius 3 is 1.83 bits per heavy atom. The van der Waals surface area contributed by atoms with Gasteiger partial charge >= 0.3 is 30.1 Å². The molecule has 0 aromatic heterocycles. The lowest BCUT2D eigenvalue weighted by molar-refractivity contribution is -0.165. The van der Waals surface area contributed by atoms with Gasteiger partial charge in [-0.1, -0.05) is 6.08 Å². The average Bonchev–Trinajstić information content (AvgIpc) is 2.58. The number of carbonyl (C=O) groups excluding carboxylic acids is 4. The van der Waals surface area contributed by atoms with Crippen LogP contribution in [0.5, 0.6) is 0 Å². The smallest absolute Gasteiger partial charge is 0.454 e. The first-order valence-electron chi connectivity index (χ1n) is 6.84. The molecule has 3 N–H and O–H groups in total. The number of hydrogen-bond donors (Lipinski definition) is 3. The number of carboxylic acids is 3. The van der Waals surface area contributed by atoms with Crippen molar-refractivity contribution >= 4 is 41.7 Å². The van der Waals surface area contributed by atoms with Crippen LogP contribution >= 0.6 is 0 Å². The van der Waals surface area contributed by atoms with Gasteiger partial charge in [-0.25, -0.2) is 14.4 Å². The lowest BCUT2D eigenvalue weighted by Gasteiger charge is -2.09. The molecule has 0 aliphatic rings. The lowest BCUT2D eigenvalue weighted by Crippen LogP contribution is -2.32. The van der Waals surface area contributed by atoms with Gasteiger partial charge in [-0.15, -0.1) is 0 Å². The van der Waals surface area contributed by atoms with Crippen LogP contribution in [0.3, 0.4) is 0 Å². The molecule has 0 saturated heterocycles. The van der Waals surface area contributed by atoms with Crippen molar-refractivity contribution < 1.29 is 66.8 Å². The van der Waals surface area contributed by atoms with Crippen LogP contribution in [0, 0.1) is 5.92 Å². The Bertz CT molecular complexity index is 846. The third-order valence-corrected chi connectivity index (χ3v) is 2.67. The van der Waals surface area contributed by atoms with E-state index in [1.807, 2.05) is 0 Å². The molecule has 156 valence electrons. The van der Waals surface area contributed by atoms with E-state index >= 15 is 0 Å². The Hall–Kier alpha value is -4.10. The van der Waals surface area contributed by atoms with Crippen molar-refractivity contribution in [2.45, 2.75) is 6.18 Å². The zero-order chi connectivity index (χ0) is 22.9. The maximum Gasteiger partial charge on any atom is 0.454 e. The molecule has 29 heavy (non-hydrogen) atoms. The Morgan fingerprint density at radius 1 is 0.897 bits per heavy atom. The van der Waals surface area contributed by atoms with Crippen LogP contribution in [0.15, 0.2) is 35.6 Å². The number of ketones is 2. The Labute approximate surface area is 157 Å². The first kappa shape index (κ1) is 24.9. The van der Waals surface area contributed by atoms with E-state index in [2.05, 4.69) is 4.74 Å². The van der Waals surface area contributed by atoms with Gasteiger partial charge in [-0.3, -0.25) is 19.2 Å². The third kappa shape index (κ3) is 7.58. The molecule has 14 heteroatoms. The summed E-state index contributed by atoms with van der Waals surface area (Å²) in [6.45, 7) is 0. The molecule has 0 saturated carbocycles. The van der Waals surface area contributed by atoms with E-state index < -0.39 is 58.9 Å². The number of Topliss-reactive ketones (excluding diaryl/α,β-unsaturated/α-hetero) is 1. The van der Waals surface area contributed by atoms with Crippen LogP contribution in [-0.4, -0.2) is 63.2 Å². The Morgan fingerprint density at radius 2 is 1.45 bits per heavy atom. The molecule has 0 aliphatic carbocycles. The molecule has 1 unspecified atom stereocenters. The van der Waals surface area contributed by atoms with Crippen LogP contribution in [-0.2, 0) is 38.3 Å². The highest BCUT2D eigenvalue weighted by Crippen LogP contribution is 2.18. The van der Waals surface area contributed by atoms with Gasteiger partial charge in [0.2, 0.25) is 5.76 Å². The van der Waals surface area contributed by atoms with Gasteiger partial charge in [-0.2, -0.15) is 13.2 Å². The molecule has 0 aromatic carbocycles. The second kappa shape index (κ2) is 10.3. The monoisotopic (exact) mass is 422 g/mol. The molecular weight excluding hydrogens is 413 g/mol. The van der Waals surface area contributed by atoms with Crippen molar-refractivity contribution in [3.05, 3.63) is 35.6 Å². The number of carbonyl (C=O) groups is 7. The summed E-state index contributed by atoms with van der Waals surface area (Å²) in [5.74, 6) is -17.7. The quantitative estimate of drug-likeness (QED) is 0.0794. The normalized spacial score (nSPS) is 13.5. The highest BCUT2D eigenvalue weighted by molar-refractivity contribution is 6.39. The van der Waals surface area contributed by atoms with Crippen molar-refractivity contribution in [2.75, 3.05) is 0 Å². The molecule has 11 nitrogen and oxygen atoms in total. The van der Waals surface area contributed by atoms with Crippen LogP contribution in [0.4, 0.5) is 13.2 Å². The third-order valence-electron chi connectivity index (χ3n) is 2.67. The maximum absolute atomic E-state index is 12.1. The van der Waals surface area contributed by atoms with Crippen LogP contribution < -0.4 is 0 Å². The molecule has 1 atom stereocenters. The Kier molecular flexibility index (Phi) is 8.84. The fourth-order valence-corrected chi connectivity index (χ4v) is 1.42. The SMILES string of the molecule is O=CC=CC(C(=O)O)=C(OC(=O)C(=O)C(C=CC(=O)C(F)(F)F)C(=O)O)C(=O)O. The molecule has 0 bridgehead atoms. The van der Waals surface area contributed by atoms with E-state index in [0.29, 0.717) is 12.2 Å². The summed E-state index contributed by atoms with van der Waals surface area (Å²) >= 11 is 0. The van der Waals surface area contributed by atoms with Crippen LogP contribution in [0.25, 0.3) is 0 Å². The summed E-state index contributed by atoms with van der Waals surface area (Å²) in [7, 11) is 0. The van der Waals surface area contributed by atoms with E-state index in [1.165, 1.54) is 0 Å². The number of esters is 1. The summed E-state index contributed by atoms with van der Waals surface area (Å²) in [6.07, 6.45) is -4.92. The maximum atomic E-state index is 12.1. The summed E-state index contributed by atoms with van der Waals surface area (Å²) < 4.78 is 40.4. The first-order chi connectivity index (χ1) is 13.2. The fourth-order valence-electron chi connectivity index (χ4n) is 1.42. The molecule has 0 aromatic rings. The number of aliphatic carboxylic acids is 3. The number of aldehydes is 1. The van der Waals surface area contributed by atoms with Crippen LogP contribution in [0.1, 0.15) is 0 Å². The number of halogens is 3. The highest BCUT2D eigenvalue weighted by Gasteiger charge is 2.38. The fraction of sp³-hybridized carbons (Fsp3) is 0.133. The molecule has 0 amide bonds. The van der Waals surface area contributed by atoms with E-state index in [-0.39, 0.29) is 18.4 Å². The van der Waals surface area contributed by atoms with Crippen molar-refractivity contribution in [3.8, 4) is 0 Å². The van der Waals surface area contributed by atoms with Crippen LogP contribution in [0.2, 0.25) is 0 Å². The second-order valence-electron chi connectivity index (χ2n) is 4.64. The number of ether oxygens (including phenoxy) is 1. The number of alkyl halides is 3. The molecule has 0 aliphatic heterocycles. The minimum absolute atomic E-state index is 0.0261. The predicted octanol–water partition coefficient (Wildman–Crippen LogP) is -0.335. The number of allylic oxidation sites excluding steroid dienone is 2. The van der Waals surface area contributed by atoms with E-state index in [4.69, 9.17) is 15.3 Å². The summed E-state index contributed by atoms with van der Waals surface area (Å²) in [4.78, 5) is 77.4. The molecule has 0 rings (SSSR count). The first-order valence-corrected chi connectivity index (χ1v) is 6.84. The topological polar surface area (TPSA) is 189 Å². The van der Waals surface area contributed by atoms with Gasteiger partial charge in [0, 0.05) is 0 Å². The van der Waals surface area contributed by atoms with Gasteiger partial charge in [0.05, 0.1) is 0 Å². The van der Waals surface area contributed by atoms with Gasteiger partial charge in [0.15, 0.2) is 0 Å². The molecular formula is C15H9F3O11. The van der Waals surface area contributed by atoms with Gasteiger partial charge in [0.1, 0.15) is 17.8 Å². The predicted molar refractivity (Wildman–Crippen MR) is 79.9 cm³/mol. The minimum Gasteiger partial charge on any atom is -0.480 e. The summed E-state index contributed by atoms with van der Waals surface area (Å²) in [5.41, 5.74) is -1.29. The standard InChI is InChI=1S/C15H9F3O11/c16-15(17,18)8(20)4-3-6(11(22)23)9(21)14(28)29-10(13(26)27)7(12(24)25)2-1-5-19/h1-6H,(H,22,23)(H,24,25)(H,26,27). The lowest BCUT2D eigenvalue weighted by atomic mass is 10.0. The average molecular weight is 422 g/mol. The second-order valence-corrected chi connectivity index (χ2v) is 4.64. The van der Waals surface area contributed by atoms with Crippen molar-refractivity contribution in [2.24, 2.45) is 5.92 Å². The largest absolute Gasteiger partial charge is 0.480 e. The van der Waals surface area contributed by atoms with Gasteiger partial charge in [-0.05, 0) is 18.2 Å². The zero-order valence-corrected chi connectivity index (χ0v) is 13.7. The Balaban J connectivity index is 5.91. The minimum atomic E-state index is -5.40. The summed E-state index contributed by atoms with van der Waals surface area (Å²) in [6, 6.07) is 0. The van der Waals surface area contributed by atoms with Crippen molar-refractivity contribution in [1.29, 1.82) is 0 Å². The van der Waals surface area contributed by atoms with Crippen molar-refractivity contribution in [1.82, 2.24) is 0 Å². The van der Waals surface area contributed by atoms with Gasteiger partial charge < -0.3 is 20.1 Å². The number of carboxylic acid groups (broad SMARTS) is 3. The highest BCUT2D eigenvalue weighted by atomic mass is 19.4. The number of rotatable bonds is 10. The summed E-state index contributed by atoms with van der Waals surface area (Å²) in [5, 5.41) is 26.6. The molecule has 0 radical (unpaired) electrons. The van der Waals surface area contributed by atoms with Gasteiger partial charge in [0.25, 0.3) is 11.6 Å².